The fourth-order valence-corrected chi connectivity index (χ4v) is 2.78. The molecule has 98 valence electrons. The number of fused-ring (bicyclic) bond motifs is 1. The molecule has 1 unspecified atom stereocenters. The molecule has 0 saturated heterocycles. The van der Waals surface area contributed by atoms with Crippen LogP contribution in [0.25, 0.3) is 10.9 Å². The molecule has 6 heteroatoms. The first-order valence-corrected chi connectivity index (χ1v) is 6.80. The highest BCUT2D eigenvalue weighted by Gasteiger charge is 2.19. The van der Waals surface area contributed by atoms with Crippen molar-refractivity contribution in [3.63, 3.8) is 0 Å². The van der Waals surface area contributed by atoms with Crippen molar-refractivity contribution in [1.82, 2.24) is 9.97 Å². The van der Waals surface area contributed by atoms with Crippen LogP contribution in [0.5, 0.6) is 0 Å². The minimum Gasteiger partial charge on any atom is -0.360 e. The first-order chi connectivity index (χ1) is 9.70. The lowest BCUT2D eigenvalue weighted by atomic mass is 10.1. The maximum Gasteiger partial charge on any atom is 0.223 e. The van der Waals surface area contributed by atoms with Crippen LogP contribution >= 0.6 is 11.3 Å². The molecule has 3 N–H and O–H groups in total. The monoisotopic (exact) mass is 282 g/mol. The first kappa shape index (κ1) is 12.5. The summed E-state index contributed by atoms with van der Waals surface area (Å²) in [7, 11) is 0. The first-order valence-electron chi connectivity index (χ1n) is 5.92. The summed E-state index contributed by atoms with van der Waals surface area (Å²) in [6, 6.07) is 8.68. The average Bonchev–Trinajstić information content (AvgIpc) is 3.12. The van der Waals surface area contributed by atoms with E-state index in [9.17, 15) is 4.79 Å². The Labute approximate surface area is 118 Å². The van der Waals surface area contributed by atoms with Gasteiger partial charge in [-0.3, -0.25) is 4.79 Å². The van der Waals surface area contributed by atoms with Crippen molar-refractivity contribution in [2.45, 2.75) is 6.04 Å². The summed E-state index contributed by atoms with van der Waals surface area (Å²) in [5.41, 5.74) is 7.49. The number of hydrogen-bond donors (Lipinski definition) is 2. The van der Waals surface area contributed by atoms with Gasteiger partial charge in [-0.2, -0.15) is 5.26 Å². The zero-order valence-electron chi connectivity index (χ0n) is 10.3. The molecule has 0 bridgehead atoms. The third-order valence-corrected chi connectivity index (χ3v) is 3.87. The van der Waals surface area contributed by atoms with Gasteiger partial charge in [0.2, 0.25) is 5.78 Å². The van der Waals surface area contributed by atoms with Gasteiger partial charge >= 0.3 is 0 Å². The molecule has 20 heavy (non-hydrogen) atoms. The number of rotatable bonds is 3. The normalized spacial score (nSPS) is 12.2. The van der Waals surface area contributed by atoms with Crippen molar-refractivity contribution in [3.8, 4) is 6.07 Å². The Morgan fingerprint density at radius 1 is 1.45 bits per heavy atom. The molecule has 2 heterocycles. The van der Waals surface area contributed by atoms with Crippen LogP contribution in [0.1, 0.15) is 27.1 Å². The van der Waals surface area contributed by atoms with Gasteiger partial charge in [0.1, 0.15) is 6.04 Å². The van der Waals surface area contributed by atoms with Crippen LogP contribution in [0.4, 0.5) is 0 Å². The summed E-state index contributed by atoms with van der Waals surface area (Å²) in [6.45, 7) is 0. The van der Waals surface area contributed by atoms with Gasteiger partial charge in [0.25, 0.3) is 0 Å². The molecule has 1 aromatic carbocycles. The van der Waals surface area contributed by atoms with Gasteiger partial charge in [-0.05, 0) is 6.07 Å². The van der Waals surface area contributed by atoms with E-state index >= 15 is 0 Å². The van der Waals surface area contributed by atoms with Gasteiger partial charge in [0, 0.05) is 22.5 Å². The number of ketones is 1. The third kappa shape index (κ3) is 1.99. The summed E-state index contributed by atoms with van der Waals surface area (Å²) in [5, 5.41) is 11.6. The van der Waals surface area contributed by atoms with Gasteiger partial charge in [0.05, 0.1) is 17.3 Å². The van der Waals surface area contributed by atoms with Gasteiger partial charge in [0.15, 0.2) is 5.01 Å². The van der Waals surface area contributed by atoms with E-state index in [1.165, 1.54) is 11.3 Å². The number of aromatic amines is 1. The number of carbonyl (C=O) groups is 1. The molecular weight excluding hydrogens is 272 g/mol. The summed E-state index contributed by atoms with van der Waals surface area (Å²) in [5.74, 6) is -0.163. The second-order valence-electron chi connectivity index (χ2n) is 4.26. The number of carbonyl (C=O) groups excluding carboxylic acids is 1. The molecule has 0 radical (unpaired) electrons. The Morgan fingerprint density at radius 3 is 3.05 bits per heavy atom. The van der Waals surface area contributed by atoms with Crippen molar-refractivity contribution >= 4 is 28.0 Å². The van der Waals surface area contributed by atoms with Crippen molar-refractivity contribution in [1.29, 1.82) is 5.26 Å². The second kappa shape index (κ2) is 4.89. The lowest BCUT2D eigenvalue weighted by Crippen LogP contribution is -2.08. The number of para-hydroxylation sites is 1. The summed E-state index contributed by atoms with van der Waals surface area (Å²) in [4.78, 5) is 19.7. The van der Waals surface area contributed by atoms with Crippen LogP contribution in [-0.4, -0.2) is 15.8 Å². The third-order valence-electron chi connectivity index (χ3n) is 3.01. The van der Waals surface area contributed by atoms with Crippen molar-refractivity contribution in [2.24, 2.45) is 5.73 Å². The number of nitrogens with two attached hydrogens (primary N) is 1. The topological polar surface area (TPSA) is 95.6 Å². The molecule has 3 aromatic rings. The maximum absolute atomic E-state index is 12.4. The molecule has 0 spiro atoms. The predicted molar refractivity (Wildman–Crippen MR) is 76.4 cm³/mol. The zero-order chi connectivity index (χ0) is 14.1. The number of hydrogen-bond acceptors (Lipinski definition) is 5. The largest absolute Gasteiger partial charge is 0.360 e. The van der Waals surface area contributed by atoms with Crippen molar-refractivity contribution < 1.29 is 4.79 Å². The molecule has 5 nitrogen and oxygen atoms in total. The minimum atomic E-state index is -0.796. The number of H-pyrrole nitrogens is 1. The fourth-order valence-electron chi connectivity index (χ4n) is 1.97. The van der Waals surface area contributed by atoms with E-state index in [0.717, 1.165) is 10.9 Å². The highest BCUT2D eigenvalue weighted by Crippen LogP contribution is 2.23. The van der Waals surface area contributed by atoms with Crippen LogP contribution in [0.2, 0.25) is 0 Å². The van der Waals surface area contributed by atoms with E-state index in [4.69, 9.17) is 11.0 Å². The van der Waals surface area contributed by atoms with Gasteiger partial charge in [-0.25, -0.2) is 4.98 Å². The van der Waals surface area contributed by atoms with Crippen LogP contribution in [0.15, 0.2) is 35.8 Å². The van der Waals surface area contributed by atoms with Gasteiger partial charge in [-0.1, -0.05) is 18.2 Å². The average molecular weight is 282 g/mol. The molecule has 2 aromatic heterocycles. The van der Waals surface area contributed by atoms with Gasteiger partial charge in [-0.15, -0.1) is 11.3 Å². The predicted octanol–water partition coefficient (Wildman–Crippen LogP) is 2.38. The van der Waals surface area contributed by atoms with E-state index in [-0.39, 0.29) is 5.78 Å². The number of aromatic nitrogens is 2. The summed E-state index contributed by atoms with van der Waals surface area (Å²) in [6.07, 6.45) is 1.68. The molecule has 0 aliphatic carbocycles. The Kier molecular flexibility index (Phi) is 3.06. The number of thiazole rings is 1. The molecule has 0 saturated carbocycles. The highest BCUT2D eigenvalue weighted by atomic mass is 32.1. The second-order valence-corrected chi connectivity index (χ2v) is 5.12. The molecule has 1 atom stereocenters. The number of benzene rings is 1. The van der Waals surface area contributed by atoms with E-state index in [2.05, 4.69) is 9.97 Å². The van der Waals surface area contributed by atoms with E-state index < -0.39 is 6.04 Å². The van der Waals surface area contributed by atoms with E-state index in [1.807, 2.05) is 30.3 Å². The lowest BCUT2D eigenvalue weighted by Gasteiger charge is -1.96. The van der Waals surface area contributed by atoms with Crippen LogP contribution in [0, 0.1) is 11.3 Å². The Bertz CT molecular complexity index is 827. The minimum absolute atomic E-state index is 0.163. The molecule has 3 rings (SSSR count). The van der Waals surface area contributed by atoms with Crippen LogP contribution in [0.3, 0.4) is 0 Å². The number of nitrogens with one attached hydrogen (secondary N) is 1. The lowest BCUT2D eigenvalue weighted by molar-refractivity contribution is 0.104. The zero-order valence-corrected chi connectivity index (χ0v) is 11.1. The number of nitriles is 1. The quantitative estimate of drug-likeness (QED) is 0.721. The molecule has 0 fully saturated rings. The highest BCUT2D eigenvalue weighted by molar-refractivity contribution is 7.12. The van der Waals surface area contributed by atoms with Crippen molar-refractivity contribution in [3.05, 3.63) is 52.1 Å². The standard InChI is InChI=1S/C14H10N4OS/c15-5-10(16)12-7-20-14(18-12)13(19)9-6-17-11-4-2-1-3-8(9)11/h1-4,6-7,10,17H,16H2. The van der Waals surface area contributed by atoms with Crippen molar-refractivity contribution in [2.75, 3.05) is 0 Å². The molecule has 0 aliphatic heterocycles. The van der Waals surface area contributed by atoms with Crippen LogP contribution in [-0.2, 0) is 0 Å². The summed E-state index contributed by atoms with van der Waals surface area (Å²) >= 11 is 1.20. The fraction of sp³-hybridized carbons (Fsp3) is 0.0714. The van der Waals surface area contributed by atoms with E-state index in [1.54, 1.807) is 11.6 Å². The molecule has 0 amide bonds. The van der Waals surface area contributed by atoms with Crippen LogP contribution < -0.4 is 5.73 Å². The molecule has 0 aliphatic rings. The Hall–Kier alpha value is -2.49. The SMILES string of the molecule is N#CC(N)c1csc(C(=O)c2c[nH]c3ccccc23)n1. The number of nitrogens with zero attached hydrogens (tertiary/aromatic N) is 2. The Balaban J connectivity index is 2.01. The summed E-state index contributed by atoms with van der Waals surface area (Å²) < 4.78 is 0. The van der Waals surface area contributed by atoms with E-state index in [0.29, 0.717) is 16.3 Å². The maximum atomic E-state index is 12.4. The van der Waals surface area contributed by atoms with Gasteiger partial charge < -0.3 is 10.7 Å². The molecular formula is C14H10N4OS. The smallest absolute Gasteiger partial charge is 0.223 e. The Morgan fingerprint density at radius 2 is 2.25 bits per heavy atom.